The zero-order valence-electron chi connectivity index (χ0n) is 3.76. The zero-order valence-corrected chi connectivity index (χ0v) is 5.76. The predicted molar refractivity (Wildman–Crippen MR) is 24.9 cm³/mol. The molecule has 0 bridgehead atoms. The van der Waals surface area contributed by atoms with Crippen molar-refractivity contribution < 1.29 is 8.78 Å². The highest BCUT2D eigenvalue weighted by molar-refractivity contribution is 6.21. The second-order valence-electron chi connectivity index (χ2n) is 1.26. The summed E-state index contributed by atoms with van der Waals surface area (Å²) in [6, 6.07) is 0. The minimum absolute atomic E-state index is 0.231. The van der Waals surface area contributed by atoms with E-state index in [2.05, 4.69) is 0 Å². The van der Waals surface area contributed by atoms with E-state index in [0.717, 1.165) is 0 Å². The second kappa shape index (κ2) is 2.07. The van der Waals surface area contributed by atoms with E-state index < -0.39 is 6.08 Å². The van der Waals surface area contributed by atoms with E-state index >= 15 is 0 Å². The predicted octanol–water partition coefficient (Wildman–Crippen LogP) is 0.480. The monoisotopic (exact) mass is 108 g/mol. The van der Waals surface area contributed by atoms with Crippen molar-refractivity contribution in [2.24, 2.45) is 0 Å². The van der Waals surface area contributed by atoms with Gasteiger partial charge in [0.05, 0.1) is 0 Å². The maximum Gasteiger partial charge on any atom is 0.264 e. The van der Waals surface area contributed by atoms with Crippen LogP contribution < -0.4 is 0 Å². The van der Waals surface area contributed by atoms with Gasteiger partial charge in [-0.3, -0.25) is 0 Å². The highest BCUT2D eigenvalue weighted by atomic mass is 28.1. The van der Waals surface area contributed by atoms with Crippen LogP contribution in [-0.4, -0.2) is 10.2 Å². The zero-order chi connectivity index (χ0) is 5.15. The Labute approximate surface area is 38.3 Å². The molecule has 0 saturated heterocycles. The molecule has 0 aliphatic rings. The van der Waals surface area contributed by atoms with Crippen LogP contribution in [0.3, 0.4) is 0 Å². The molecule has 0 aromatic rings. The smallest absolute Gasteiger partial charge is 0.174 e. The standard InChI is InChI=1S/C3H6F2Si/c1-2(6)3(4)5/h1,6H3. The third-order valence-corrected chi connectivity index (χ3v) is 0.756. The normalized spacial score (nSPS) is 8.50. The summed E-state index contributed by atoms with van der Waals surface area (Å²) in [4.78, 5) is 0. The van der Waals surface area contributed by atoms with Gasteiger partial charge in [0.15, 0.2) is 0 Å². The van der Waals surface area contributed by atoms with Gasteiger partial charge in [-0.2, -0.15) is 8.78 Å². The van der Waals surface area contributed by atoms with Crippen LogP contribution in [-0.2, 0) is 0 Å². The summed E-state index contributed by atoms with van der Waals surface area (Å²) < 4.78 is 22.1. The molecule has 0 aliphatic heterocycles. The Kier molecular flexibility index (Phi) is 2.01. The summed E-state index contributed by atoms with van der Waals surface area (Å²) >= 11 is 0. The molecule has 0 spiro atoms. The Bertz CT molecular complexity index is 58.9. The highest BCUT2D eigenvalue weighted by Gasteiger charge is 1.86. The molecular formula is C3H6F2Si. The molecule has 36 valence electrons. The number of allylic oxidation sites excluding steroid dienone is 1. The Morgan fingerprint density at radius 1 is 1.50 bits per heavy atom. The third-order valence-electron chi connectivity index (χ3n) is 0.378. The lowest BCUT2D eigenvalue weighted by Crippen LogP contribution is -1.70. The van der Waals surface area contributed by atoms with Crippen LogP contribution in [0, 0.1) is 0 Å². The molecule has 6 heavy (non-hydrogen) atoms. The van der Waals surface area contributed by atoms with Gasteiger partial charge in [0.25, 0.3) is 6.08 Å². The lowest BCUT2D eigenvalue weighted by Gasteiger charge is -1.78. The Balaban J connectivity index is 3.68. The lowest BCUT2D eigenvalue weighted by molar-refractivity contribution is 0.417. The van der Waals surface area contributed by atoms with Crippen molar-refractivity contribution in [2.45, 2.75) is 6.92 Å². The van der Waals surface area contributed by atoms with Gasteiger partial charge in [-0.25, -0.2) is 0 Å². The van der Waals surface area contributed by atoms with Crippen molar-refractivity contribution in [1.29, 1.82) is 0 Å². The fraction of sp³-hybridized carbons (Fsp3) is 0.333. The Hall–Kier alpha value is -0.183. The van der Waals surface area contributed by atoms with Crippen molar-refractivity contribution in [3.63, 3.8) is 0 Å². The van der Waals surface area contributed by atoms with Crippen LogP contribution in [0.15, 0.2) is 11.3 Å². The molecule has 3 heteroatoms. The molecule has 0 saturated carbocycles. The Morgan fingerprint density at radius 3 is 1.67 bits per heavy atom. The highest BCUT2D eigenvalue weighted by Crippen LogP contribution is 2.00. The largest absolute Gasteiger partial charge is 0.264 e. The van der Waals surface area contributed by atoms with Crippen LogP contribution in [0.1, 0.15) is 6.92 Å². The number of rotatable bonds is 0. The van der Waals surface area contributed by atoms with Crippen LogP contribution >= 0.6 is 0 Å². The summed E-state index contributed by atoms with van der Waals surface area (Å²) in [7, 11) is 0.483. The fourth-order valence-corrected chi connectivity index (χ4v) is 0. The minimum atomic E-state index is -1.51. The van der Waals surface area contributed by atoms with Crippen molar-refractivity contribution >= 4 is 10.2 Å². The molecule has 0 radical (unpaired) electrons. The molecule has 0 nitrogen and oxygen atoms in total. The first-order valence-electron chi connectivity index (χ1n) is 1.63. The van der Waals surface area contributed by atoms with Gasteiger partial charge in [-0.1, -0.05) is 0 Å². The van der Waals surface area contributed by atoms with Gasteiger partial charge in [-0.05, 0) is 12.1 Å². The summed E-state index contributed by atoms with van der Waals surface area (Å²) in [5, 5.41) is 0.231. The summed E-state index contributed by atoms with van der Waals surface area (Å²) in [5.41, 5.74) is 0. The van der Waals surface area contributed by atoms with Gasteiger partial charge in [0.2, 0.25) is 0 Å². The second-order valence-corrected chi connectivity index (χ2v) is 2.76. The topological polar surface area (TPSA) is 0 Å². The van der Waals surface area contributed by atoms with Crippen molar-refractivity contribution in [3.8, 4) is 0 Å². The third kappa shape index (κ3) is 2.08. The maximum atomic E-state index is 11.1. The van der Waals surface area contributed by atoms with E-state index in [-0.39, 0.29) is 5.20 Å². The molecule has 0 atom stereocenters. The number of hydrogen-bond donors (Lipinski definition) is 0. The van der Waals surface area contributed by atoms with Gasteiger partial charge in [-0.15, -0.1) is 0 Å². The SMILES string of the molecule is CC([SiH3])=C(F)F. The molecule has 0 heterocycles. The molecule has 0 N–H and O–H groups in total. The molecule has 0 aromatic carbocycles. The summed E-state index contributed by atoms with van der Waals surface area (Å²) in [6.45, 7) is 1.43. The average molecular weight is 108 g/mol. The van der Waals surface area contributed by atoms with Gasteiger partial charge in [0.1, 0.15) is 0 Å². The molecule has 0 aliphatic carbocycles. The minimum Gasteiger partial charge on any atom is -0.174 e. The fourth-order valence-electron chi connectivity index (χ4n) is 0. The molecule has 0 amide bonds. The van der Waals surface area contributed by atoms with E-state index in [1.807, 2.05) is 0 Å². The number of halogens is 2. The van der Waals surface area contributed by atoms with Gasteiger partial charge < -0.3 is 0 Å². The first kappa shape index (κ1) is 5.82. The first-order chi connectivity index (χ1) is 2.64. The van der Waals surface area contributed by atoms with Crippen LogP contribution in [0.25, 0.3) is 0 Å². The van der Waals surface area contributed by atoms with Gasteiger partial charge in [0, 0.05) is 10.2 Å². The van der Waals surface area contributed by atoms with E-state index in [4.69, 9.17) is 0 Å². The van der Waals surface area contributed by atoms with Crippen molar-refractivity contribution in [3.05, 3.63) is 11.3 Å². The quantitative estimate of drug-likeness (QED) is 0.396. The Morgan fingerprint density at radius 2 is 1.67 bits per heavy atom. The molecule has 0 aromatic heterocycles. The van der Waals surface area contributed by atoms with Crippen LogP contribution in [0.5, 0.6) is 0 Å². The maximum absolute atomic E-state index is 11.1. The van der Waals surface area contributed by atoms with E-state index in [0.29, 0.717) is 10.2 Å². The van der Waals surface area contributed by atoms with Gasteiger partial charge >= 0.3 is 0 Å². The van der Waals surface area contributed by atoms with Crippen LogP contribution in [0.2, 0.25) is 0 Å². The number of hydrogen-bond acceptors (Lipinski definition) is 0. The summed E-state index contributed by atoms with van der Waals surface area (Å²) in [5.74, 6) is 0. The first-order valence-corrected chi connectivity index (χ1v) is 2.63. The van der Waals surface area contributed by atoms with E-state index in [1.165, 1.54) is 6.92 Å². The summed E-state index contributed by atoms with van der Waals surface area (Å²) in [6.07, 6.45) is -1.51. The molecule has 0 rings (SSSR count). The van der Waals surface area contributed by atoms with Crippen molar-refractivity contribution in [2.75, 3.05) is 0 Å². The molecular weight excluding hydrogens is 102 g/mol. The van der Waals surface area contributed by atoms with Crippen molar-refractivity contribution in [1.82, 2.24) is 0 Å². The molecule has 0 unspecified atom stereocenters. The average Bonchev–Trinajstić information content (AvgIpc) is 1.36. The van der Waals surface area contributed by atoms with E-state index in [1.54, 1.807) is 0 Å². The lowest BCUT2D eigenvalue weighted by atomic mass is 10.7. The van der Waals surface area contributed by atoms with Crippen LogP contribution in [0.4, 0.5) is 8.78 Å². The van der Waals surface area contributed by atoms with E-state index in [9.17, 15) is 8.78 Å². The molecule has 0 fully saturated rings.